The topological polar surface area (TPSA) is 81.8 Å². The number of hydrogen-bond donors (Lipinski definition) is 2. The summed E-state index contributed by atoms with van der Waals surface area (Å²) in [4.78, 5) is 14.7. The van der Waals surface area contributed by atoms with Crippen molar-refractivity contribution in [3.05, 3.63) is 29.8 Å². The van der Waals surface area contributed by atoms with Crippen LogP contribution in [0, 0.1) is 5.92 Å². The summed E-state index contributed by atoms with van der Waals surface area (Å²) < 4.78 is 27.7. The van der Waals surface area contributed by atoms with Gasteiger partial charge in [0.25, 0.3) is 0 Å². The zero-order chi connectivity index (χ0) is 19.1. The first-order chi connectivity index (χ1) is 12.9. The molecule has 2 aliphatic carbocycles. The monoisotopic (exact) mass is 392 g/mol. The lowest BCUT2D eigenvalue weighted by Gasteiger charge is -2.32. The van der Waals surface area contributed by atoms with Crippen LogP contribution in [0.4, 0.5) is 4.79 Å². The summed E-state index contributed by atoms with van der Waals surface area (Å²) in [5.74, 6) is 0.633. The molecule has 0 spiro atoms. The molecule has 7 nitrogen and oxygen atoms in total. The molecule has 1 saturated heterocycles. The van der Waals surface area contributed by atoms with Crippen molar-refractivity contribution in [3.8, 4) is 0 Å². The summed E-state index contributed by atoms with van der Waals surface area (Å²) in [6.07, 6.45) is 4.51. The van der Waals surface area contributed by atoms with E-state index in [0.29, 0.717) is 24.6 Å². The smallest absolute Gasteiger partial charge is 0.315 e. The van der Waals surface area contributed by atoms with Crippen molar-refractivity contribution in [2.24, 2.45) is 5.92 Å². The molecule has 0 bridgehead atoms. The van der Waals surface area contributed by atoms with E-state index in [1.54, 1.807) is 18.2 Å². The second-order valence-corrected chi connectivity index (χ2v) is 9.98. The molecule has 8 heteroatoms. The lowest BCUT2D eigenvalue weighted by Crippen LogP contribution is -2.47. The Morgan fingerprint density at radius 1 is 1.22 bits per heavy atom. The molecule has 2 unspecified atom stereocenters. The van der Waals surface area contributed by atoms with Gasteiger partial charge in [0.2, 0.25) is 10.0 Å². The van der Waals surface area contributed by atoms with E-state index >= 15 is 0 Å². The average molecular weight is 393 g/mol. The van der Waals surface area contributed by atoms with E-state index in [-0.39, 0.29) is 23.0 Å². The zero-order valence-electron chi connectivity index (χ0n) is 15.8. The predicted molar refractivity (Wildman–Crippen MR) is 103 cm³/mol. The highest BCUT2D eigenvalue weighted by atomic mass is 32.2. The van der Waals surface area contributed by atoms with Crippen molar-refractivity contribution < 1.29 is 13.2 Å². The number of nitrogens with zero attached hydrogens (tertiary/aromatic N) is 2. The highest BCUT2D eigenvalue weighted by molar-refractivity contribution is 7.89. The predicted octanol–water partition coefficient (Wildman–Crippen LogP) is 1.36. The lowest BCUT2D eigenvalue weighted by atomic mass is 10.2. The van der Waals surface area contributed by atoms with Gasteiger partial charge in [-0.25, -0.2) is 13.2 Å². The number of amides is 2. The summed E-state index contributed by atoms with van der Waals surface area (Å²) in [7, 11) is -1.56. The number of sulfonamides is 1. The van der Waals surface area contributed by atoms with Crippen LogP contribution in [-0.4, -0.2) is 62.4 Å². The summed E-state index contributed by atoms with van der Waals surface area (Å²) in [5, 5.41) is 5.97. The number of fused-ring (bicyclic) bond motifs is 1. The van der Waals surface area contributed by atoms with Crippen LogP contribution >= 0.6 is 0 Å². The SMILES string of the molecule is CN1CCN(S(=O)(=O)c2ccccc2CNC(=O)NC23CCCC2C3)CC1. The Balaban J connectivity index is 1.42. The minimum absolute atomic E-state index is 0.00943. The first-order valence-electron chi connectivity index (χ1n) is 9.73. The molecule has 1 aromatic rings. The first kappa shape index (κ1) is 18.7. The number of nitrogens with one attached hydrogen (secondary N) is 2. The molecule has 4 rings (SSSR count). The molecule has 0 aromatic heterocycles. The normalized spacial score (nSPS) is 28.6. The highest BCUT2D eigenvalue weighted by Crippen LogP contribution is 2.55. The van der Waals surface area contributed by atoms with Crippen LogP contribution < -0.4 is 10.6 Å². The Labute approximate surface area is 161 Å². The van der Waals surface area contributed by atoms with Crippen molar-refractivity contribution in [1.29, 1.82) is 0 Å². The zero-order valence-corrected chi connectivity index (χ0v) is 16.6. The first-order valence-corrected chi connectivity index (χ1v) is 11.2. The Kier molecular flexibility index (Phi) is 4.90. The third-order valence-electron chi connectivity index (χ3n) is 6.26. The summed E-state index contributed by atoms with van der Waals surface area (Å²) in [5.41, 5.74) is 0.637. The summed E-state index contributed by atoms with van der Waals surface area (Å²) >= 11 is 0. The van der Waals surface area contributed by atoms with Gasteiger partial charge in [-0.05, 0) is 43.9 Å². The van der Waals surface area contributed by atoms with Crippen molar-refractivity contribution in [2.75, 3.05) is 33.2 Å². The number of urea groups is 1. The summed E-state index contributed by atoms with van der Waals surface area (Å²) in [6, 6.07) is 6.75. The van der Waals surface area contributed by atoms with Crippen molar-refractivity contribution in [1.82, 2.24) is 19.8 Å². The van der Waals surface area contributed by atoms with Crippen molar-refractivity contribution in [2.45, 2.75) is 42.7 Å². The fourth-order valence-electron chi connectivity index (χ4n) is 4.46. The largest absolute Gasteiger partial charge is 0.334 e. The minimum Gasteiger partial charge on any atom is -0.334 e. The van der Waals surface area contributed by atoms with Crippen molar-refractivity contribution >= 4 is 16.1 Å². The molecule has 0 radical (unpaired) electrons. The van der Waals surface area contributed by atoms with E-state index in [1.807, 2.05) is 13.1 Å². The number of benzene rings is 1. The van der Waals surface area contributed by atoms with Gasteiger partial charge in [0.1, 0.15) is 0 Å². The van der Waals surface area contributed by atoms with E-state index in [9.17, 15) is 13.2 Å². The molecular formula is C19H28N4O3S. The lowest BCUT2D eigenvalue weighted by molar-refractivity contribution is 0.222. The Morgan fingerprint density at radius 3 is 2.63 bits per heavy atom. The van der Waals surface area contributed by atoms with E-state index < -0.39 is 10.0 Å². The number of piperazine rings is 1. The Bertz CT molecular complexity index is 820. The van der Waals surface area contributed by atoms with Crippen LogP contribution in [0.3, 0.4) is 0 Å². The maximum absolute atomic E-state index is 13.1. The van der Waals surface area contributed by atoms with Crippen molar-refractivity contribution in [3.63, 3.8) is 0 Å². The molecule has 1 aliphatic heterocycles. The highest BCUT2D eigenvalue weighted by Gasteiger charge is 2.57. The third kappa shape index (κ3) is 3.70. The number of carbonyl (C=O) groups excluding carboxylic acids is 1. The van der Waals surface area contributed by atoms with E-state index in [4.69, 9.17) is 0 Å². The number of carbonyl (C=O) groups is 1. The molecule has 2 amide bonds. The Morgan fingerprint density at radius 2 is 1.96 bits per heavy atom. The maximum atomic E-state index is 13.1. The average Bonchev–Trinajstić information content (AvgIpc) is 3.19. The van der Waals surface area contributed by atoms with E-state index in [1.165, 1.54) is 17.1 Å². The van der Waals surface area contributed by atoms with Crippen LogP contribution in [0.1, 0.15) is 31.2 Å². The minimum atomic E-state index is -3.56. The molecule has 3 fully saturated rings. The standard InChI is InChI=1S/C19H28N4O3S/c1-22-9-11-23(12-10-22)27(25,26)17-7-3-2-5-15(17)14-20-18(24)21-19-8-4-6-16(19)13-19/h2-3,5,7,16H,4,6,8-14H2,1H3,(H2,20,21,24). The fourth-order valence-corrected chi connectivity index (χ4v) is 6.10. The third-order valence-corrected chi connectivity index (χ3v) is 8.26. The molecular weight excluding hydrogens is 364 g/mol. The molecule has 27 heavy (non-hydrogen) atoms. The molecule has 1 aromatic carbocycles. The van der Waals surface area contributed by atoms with Crippen LogP contribution in [0.15, 0.2) is 29.2 Å². The van der Waals surface area contributed by atoms with Crippen LogP contribution in [0.5, 0.6) is 0 Å². The van der Waals surface area contributed by atoms with Crippen LogP contribution in [0.2, 0.25) is 0 Å². The second-order valence-electron chi connectivity index (χ2n) is 8.07. The van der Waals surface area contributed by atoms with Gasteiger partial charge in [0, 0.05) is 38.3 Å². The molecule has 2 saturated carbocycles. The van der Waals surface area contributed by atoms with E-state index in [0.717, 1.165) is 25.9 Å². The van der Waals surface area contributed by atoms with Gasteiger partial charge in [-0.3, -0.25) is 0 Å². The quantitative estimate of drug-likeness (QED) is 0.793. The molecule has 2 N–H and O–H groups in total. The van der Waals surface area contributed by atoms with Gasteiger partial charge >= 0.3 is 6.03 Å². The Hall–Kier alpha value is -1.64. The number of likely N-dealkylation sites (N-methyl/N-ethyl adjacent to an activating group) is 1. The van der Waals surface area contributed by atoms with Gasteiger partial charge in [-0.2, -0.15) is 4.31 Å². The molecule has 1 heterocycles. The van der Waals surface area contributed by atoms with E-state index in [2.05, 4.69) is 15.5 Å². The van der Waals surface area contributed by atoms with Crippen LogP contribution in [0.25, 0.3) is 0 Å². The summed E-state index contributed by atoms with van der Waals surface area (Å²) in [6.45, 7) is 2.64. The van der Waals surface area contributed by atoms with Gasteiger partial charge in [0.05, 0.1) is 4.90 Å². The fraction of sp³-hybridized carbons (Fsp3) is 0.632. The molecule has 2 atom stereocenters. The van der Waals surface area contributed by atoms with Gasteiger partial charge < -0.3 is 15.5 Å². The molecule has 3 aliphatic rings. The number of hydrogen-bond acceptors (Lipinski definition) is 4. The van der Waals surface area contributed by atoms with Crippen LogP contribution in [-0.2, 0) is 16.6 Å². The molecule has 148 valence electrons. The van der Waals surface area contributed by atoms with Gasteiger partial charge in [-0.15, -0.1) is 0 Å². The number of rotatable bonds is 5. The van der Waals surface area contributed by atoms with Gasteiger partial charge in [-0.1, -0.05) is 24.6 Å². The van der Waals surface area contributed by atoms with Gasteiger partial charge in [0.15, 0.2) is 0 Å². The maximum Gasteiger partial charge on any atom is 0.315 e. The second kappa shape index (κ2) is 7.07.